The fraction of sp³-hybridized carbons (Fsp3) is 0.280. The fourth-order valence-electron chi connectivity index (χ4n) is 3.37. The number of methoxy groups -OCH3 is 1. The van der Waals surface area contributed by atoms with Crippen molar-refractivity contribution in [1.29, 1.82) is 0 Å². The topological polar surface area (TPSA) is 77.7 Å². The van der Waals surface area contributed by atoms with Gasteiger partial charge in [-0.2, -0.15) is 13.2 Å². The van der Waals surface area contributed by atoms with E-state index in [1.807, 2.05) is 20.2 Å². The summed E-state index contributed by atoms with van der Waals surface area (Å²) in [7, 11) is 5.21. The van der Waals surface area contributed by atoms with E-state index in [2.05, 4.69) is 21.3 Å². The quantitative estimate of drug-likeness (QED) is 0.308. The molecule has 0 aliphatic rings. The van der Waals surface area contributed by atoms with Crippen molar-refractivity contribution in [2.24, 2.45) is 0 Å². The Morgan fingerprint density at radius 2 is 1.97 bits per heavy atom. The van der Waals surface area contributed by atoms with Crippen LogP contribution in [-0.2, 0) is 11.3 Å². The lowest BCUT2D eigenvalue weighted by Crippen LogP contribution is -2.14. The molecule has 10 heteroatoms. The van der Waals surface area contributed by atoms with Gasteiger partial charge in [0.05, 0.1) is 7.11 Å². The maximum Gasteiger partial charge on any atom is 0.409 e. The molecule has 0 bridgehead atoms. The number of rotatable bonds is 8. The van der Waals surface area contributed by atoms with Crippen LogP contribution in [0.1, 0.15) is 22.8 Å². The van der Waals surface area contributed by atoms with E-state index in [1.165, 1.54) is 25.7 Å². The second-order valence-electron chi connectivity index (χ2n) is 8.14. The number of nitrogens with two attached hydrogens (primary N) is 1. The van der Waals surface area contributed by atoms with Gasteiger partial charge >= 0.3 is 12.1 Å². The lowest BCUT2D eigenvalue weighted by atomic mass is 10.0. The molecule has 186 valence electrons. The highest BCUT2D eigenvalue weighted by molar-refractivity contribution is 7.13. The van der Waals surface area contributed by atoms with Crippen LogP contribution in [-0.4, -0.2) is 49.3 Å². The molecule has 2 aromatic heterocycles. The predicted octanol–water partition coefficient (Wildman–Crippen LogP) is 5.79. The van der Waals surface area contributed by atoms with Crippen molar-refractivity contribution in [1.82, 2.24) is 9.88 Å². The first-order valence-electron chi connectivity index (χ1n) is 10.6. The number of allylic oxidation sites excluding steroid dienone is 1. The van der Waals surface area contributed by atoms with Crippen molar-refractivity contribution in [3.63, 3.8) is 0 Å². The predicted molar refractivity (Wildman–Crippen MR) is 131 cm³/mol. The molecule has 0 aliphatic carbocycles. The zero-order valence-corrected chi connectivity index (χ0v) is 20.5. The third-order valence-corrected chi connectivity index (χ3v) is 5.95. The summed E-state index contributed by atoms with van der Waals surface area (Å²) in [4.78, 5) is 19.6. The third kappa shape index (κ3) is 7.06. The molecule has 0 fully saturated rings. The van der Waals surface area contributed by atoms with Crippen LogP contribution in [0.4, 0.5) is 19.0 Å². The highest BCUT2D eigenvalue weighted by Gasteiger charge is 2.23. The van der Waals surface area contributed by atoms with Gasteiger partial charge in [-0.05, 0) is 67.9 Å². The Bertz CT molecular complexity index is 1220. The number of hydrogen-bond donors (Lipinski definition) is 1. The molecule has 0 amide bonds. The molecule has 0 aliphatic heterocycles. The number of alkyl halides is 3. The van der Waals surface area contributed by atoms with E-state index >= 15 is 0 Å². The van der Waals surface area contributed by atoms with Gasteiger partial charge in [0.1, 0.15) is 23.2 Å². The summed E-state index contributed by atoms with van der Waals surface area (Å²) in [6, 6.07) is 8.68. The molecule has 3 aromatic rings. The van der Waals surface area contributed by atoms with E-state index in [4.69, 9.17) is 15.2 Å². The molecule has 2 N–H and O–H groups in total. The van der Waals surface area contributed by atoms with E-state index in [0.717, 1.165) is 23.1 Å². The van der Waals surface area contributed by atoms with Crippen LogP contribution in [0.5, 0.6) is 5.75 Å². The zero-order chi connectivity index (χ0) is 25.8. The van der Waals surface area contributed by atoms with E-state index in [0.29, 0.717) is 11.1 Å². The van der Waals surface area contributed by atoms with Crippen molar-refractivity contribution < 1.29 is 27.4 Å². The normalized spacial score (nSPS) is 12.8. The summed E-state index contributed by atoms with van der Waals surface area (Å²) in [5.74, 6) is -0.339. The Hall–Kier alpha value is -3.37. The summed E-state index contributed by atoms with van der Waals surface area (Å²) in [5.41, 5.74) is 9.48. The van der Waals surface area contributed by atoms with Crippen LogP contribution in [0.3, 0.4) is 0 Å². The van der Waals surface area contributed by atoms with Crippen LogP contribution < -0.4 is 10.5 Å². The number of thiophene rings is 1. The molecule has 0 spiro atoms. The summed E-state index contributed by atoms with van der Waals surface area (Å²) in [6.07, 6.45) is -2.78. The molecule has 0 radical (unpaired) electrons. The number of carbonyl (C=O) groups is 1. The average molecular weight is 506 g/mol. The smallest absolute Gasteiger partial charge is 0.409 e. The van der Waals surface area contributed by atoms with Crippen LogP contribution >= 0.6 is 11.3 Å². The van der Waals surface area contributed by atoms with E-state index in [-0.39, 0.29) is 23.2 Å². The first-order valence-corrected chi connectivity index (χ1v) is 11.5. The third-order valence-electron chi connectivity index (χ3n) is 4.92. The number of halogens is 3. The Morgan fingerprint density at radius 1 is 1.23 bits per heavy atom. The Balaban J connectivity index is 1.99. The maximum absolute atomic E-state index is 12.5. The molecule has 0 saturated carbocycles. The number of hydrogen-bond acceptors (Lipinski definition) is 7. The maximum atomic E-state index is 12.5. The number of nitrogen functional groups attached to an aromatic ring is 1. The number of nitrogens with zero attached hydrogens (tertiary/aromatic N) is 2. The number of carbonyl (C=O) groups excluding carboxylic acids is 1. The number of ether oxygens (including phenoxy) is 2. The first kappa shape index (κ1) is 26.2. The fourth-order valence-corrected chi connectivity index (χ4v) is 4.25. The van der Waals surface area contributed by atoms with Crippen LogP contribution in [0.15, 0.2) is 54.1 Å². The van der Waals surface area contributed by atoms with Crippen molar-refractivity contribution in [2.75, 3.05) is 26.9 Å². The standard InChI is InChI=1S/C25H26F3N3O3S/c1-15(7-8-25(26,27)28)34-21-11-17(5-6-19(21)24(32)33-4)20-10-18(12-30-23(20)29)22-9-16(14-35-22)13-31(2)3/h5-12,14-15H,13H2,1-4H3,(H2,29,30)/b8-7-. The molecule has 3 rings (SSSR count). The van der Waals surface area contributed by atoms with E-state index in [9.17, 15) is 18.0 Å². The van der Waals surface area contributed by atoms with Gasteiger partial charge in [-0.3, -0.25) is 0 Å². The molecular formula is C25H26F3N3O3S. The second kappa shape index (κ2) is 10.9. The molecule has 0 saturated heterocycles. The van der Waals surface area contributed by atoms with Crippen molar-refractivity contribution >= 4 is 23.1 Å². The Kier molecular flexibility index (Phi) is 8.18. The summed E-state index contributed by atoms with van der Waals surface area (Å²) >= 11 is 1.59. The van der Waals surface area contributed by atoms with Gasteiger partial charge in [0.25, 0.3) is 0 Å². The molecule has 35 heavy (non-hydrogen) atoms. The van der Waals surface area contributed by atoms with Gasteiger partial charge in [-0.15, -0.1) is 11.3 Å². The minimum atomic E-state index is -4.47. The van der Waals surface area contributed by atoms with E-state index < -0.39 is 18.2 Å². The van der Waals surface area contributed by atoms with Crippen LogP contribution in [0, 0.1) is 0 Å². The Labute approximate surface area is 205 Å². The number of esters is 1. The SMILES string of the molecule is COC(=O)c1ccc(-c2cc(-c3cc(CN(C)C)cs3)cnc2N)cc1OC(C)/C=C\C(F)(F)F. The summed E-state index contributed by atoms with van der Waals surface area (Å²) < 4.78 is 48.1. The van der Waals surface area contributed by atoms with Gasteiger partial charge in [0, 0.05) is 34.8 Å². The number of pyridine rings is 1. The first-order chi connectivity index (χ1) is 16.5. The van der Waals surface area contributed by atoms with Crippen molar-refractivity contribution in [2.45, 2.75) is 25.7 Å². The minimum Gasteiger partial charge on any atom is -0.486 e. The van der Waals surface area contributed by atoms with E-state index in [1.54, 1.807) is 29.7 Å². The lowest BCUT2D eigenvalue weighted by Gasteiger charge is -2.16. The van der Waals surface area contributed by atoms with Gasteiger partial charge in [-0.1, -0.05) is 6.07 Å². The highest BCUT2D eigenvalue weighted by Crippen LogP contribution is 2.35. The van der Waals surface area contributed by atoms with Gasteiger partial charge in [0.15, 0.2) is 0 Å². The Morgan fingerprint density at radius 3 is 2.63 bits per heavy atom. The lowest BCUT2D eigenvalue weighted by molar-refractivity contribution is -0.0804. The summed E-state index contributed by atoms with van der Waals surface area (Å²) in [5, 5.41) is 2.08. The van der Waals surface area contributed by atoms with Crippen molar-refractivity contribution in [3.05, 3.63) is 65.2 Å². The average Bonchev–Trinajstić information content (AvgIpc) is 3.24. The summed E-state index contributed by atoms with van der Waals surface area (Å²) in [6.45, 7) is 2.25. The van der Waals surface area contributed by atoms with Crippen molar-refractivity contribution in [3.8, 4) is 27.3 Å². The minimum absolute atomic E-state index is 0.0721. The van der Waals surface area contributed by atoms with Gasteiger partial charge in [-0.25, -0.2) is 9.78 Å². The monoisotopic (exact) mass is 505 g/mol. The van der Waals surface area contributed by atoms with Gasteiger partial charge in [0.2, 0.25) is 0 Å². The second-order valence-corrected chi connectivity index (χ2v) is 9.05. The number of anilines is 1. The molecule has 6 nitrogen and oxygen atoms in total. The van der Waals surface area contributed by atoms with Crippen LogP contribution in [0.25, 0.3) is 21.6 Å². The van der Waals surface area contributed by atoms with Gasteiger partial charge < -0.3 is 20.1 Å². The molecular weight excluding hydrogens is 479 g/mol. The molecule has 2 heterocycles. The highest BCUT2D eigenvalue weighted by atomic mass is 32.1. The number of aromatic nitrogens is 1. The largest absolute Gasteiger partial charge is 0.486 e. The molecule has 1 aromatic carbocycles. The number of benzene rings is 1. The van der Waals surface area contributed by atoms with Crippen LogP contribution in [0.2, 0.25) is 0 Å². The molecule has 1 unspecified atom stereocenters. The molecule has 1 atom stereocenters. The zero-order valence-electron chi connectivity index (χ0n) is 19.7.